The fourth-order valence-electron chi connectivity index (χ4n) is 3.41. The SMILES string of the molecule is O=C1CCC(N2Cc3cc(OCc4ccccc4)c(Cl)cc3C2=O)C(=O)N1. The highest BCUT2D eigenvalue weighted by atomic mass is 35.5. The van der Waals surface area contributed by atoms with Crippen molar-refractivity contribution in [1.82, 2.24) is 10.2 Å². The van der Waals surface area contributed by atoms with Crippen LogP contribution in [0.4, 0.5) is 0 Å². The van der Waals surface area contributed by atoms with Gasteiger partial charge in [0.2, 0.25) is 11.8 Å². The number of fused-ring (bicyclic) bond motifs is 1. The largest absolute Gasteiger partial charge is 0.487 e. The number of carbonyl (C=O) groups is 3. The number of halogens is 1. The quantitative estimate of drug-likeness (QED) is 0.822. The number of carbonyl (C=O) groups excluding carboxylic acids is 3. The summed E-state index contributed by atoms with van der Waals surface area (Å²) in [6.45, 7) is 0.656. The van der Waals surface area contributed by atoms with Gasteiger partial charge in [0.05, 0.1) is 5.02 Å². The molecule has 2 aliphatic heterocycles. The molecular formula is C20H17ClN2O4. The van der Waals surface area contributed by atoms with Crippen molar-refractivity contribution in [2.24, 2.45) is 0 Å². The topological polar surface area (TPSA) is 75.7 Å². The van der Waals surface area contributed by atoms with Crippen molar-refractivity contribution in [3.05, 3.63) is 64.2 Å². The van der Waals surface area contributed by atoms with Gasteiger partial charge in [0, 0.05) is 18.5 Å². The molecule has 1 saturated heterocycles. The van der Waals surface area contributed by atoms with Gasteiger partial charge >= 0.3 is 0 Å². The second kappa shape index (κ2) is 7.04. The Labute approximate surface area is 161 Å². The zero-order chi connectivity index (χ0) is 19.0. The van der Waals surface area contributed by atoms with Crippen LogP contribution in [0, 0.1) is 0 Å². The van der Waals surface area contributed by atoms with Crippen LogP contribution in [0.15, 0.2) is 42.5 Å². The van der Waals surface area contributed by atoms with Gasteiger partial charge in [-0.2, -0.15) is 0 Å². The highest BCUT2D eigenvalue weighted by Crippen LogP contribution is 2.35. The number of rotatable bonds is 4. The molecule has 27 heavy (non-hydrogen) atoms. The Balaban J connectivity index is 1.53. The number of nitrogens with zero attached hydrogens (tertiary/aromatic N) is 1. The summed E-state index contributed by atoms with van der Waals surface area (Å²) in [5.41, 5.74) is 2.24. The van der Waals surface area contributed by atoms with Gasteiger partial charge in [0.25, 0.3) is 5.91 Å². The maximum atomic E-state index is 12.7. The Kier molecular flexibility index (Phi) is 4.58. The third-order valence-corrected chi connectivity index (χ3v) is 5.11. The highest BCUT2D eigenvalue weighted by Gasteiger charge is 2.39. The smallest absolute Gasteiger partial charge is 0.255 e. The molecule has 0 bridgehead atoms. The molecule has 4 rings (SSSR count). The molecule has 7 heteroatoms. The third kappa shape index (κ3) is 3.40. The van der Waals surface area contributed by atoms with Crippen molar-refractivity contribution >= 4 is 29.3 Å². The molecule has 6 nitrogen and oxygen atoms in total. The number of piperidine rings is 1. The number of nitrogens with one attached hydrogen (secondary N) is 1. The van der Waals surface area contributed by atoms with Gasteiger partial charge in [-0.25, -0.2) is 0 Å². The molecule has 1 fully saturated rings. The molecule has 2 heterocycles. The van der Waals surface area contributed by atoms with E-state index in [-0.39, 0.29) is 18.2 Å². The summed E-state index contributed by atoms with van der Waals surface area (Å²) in [6.07, 6.45) is 0.554. The number of benzene rings is 2. The summed E-state index contributed by atoms with van der Waals surface area (Å²) in [5.74, 6) is -0.493. The van der Waals surface area contributed by atoms with E-state index in [4.69, 9.17) is 16.3 Å². The maximum Gasteiger partial charge on any atom is 0.255 e. The van der Waals surface area contributed by atoms with E-state index in [9.17, 15) is 14.4 Å². The number of amides is 3. The van der Waals surface area contributed by atoms with Crippen LogP contribution in [0.5, 0.6) is 5.75 Å². The van der Waals surface area contributed by atoms with Crippen molar-refractivity contribution in [3.8, 4) is 5.75 Å². The van der Waals surface area contributed by atoms with Crippen molar-refractivity contribution in [2.45, 2.75) is 32.0 Å². The van der Waals surface area contributed by atoms with E-state index in [0.29, 0.717) is 35.9 Å². The molecule has 138 valence electrons. The van der Waals surface area contributed by atoms with Gasteiger partial charge in [-0.3, -0.25) is 19.7 Å². The Morgan fingerprint density at radius 3 is 2.67 bits per heavy atom. The van der Waals surface area contributed by atoms with E-state index in [1.54, 1.807) is 12.1 Å². The van der Waals surface area contributed by atoms with E-state index in [1.165, 1.54) is 4.90 Å². The first-order chi connectivity index (χ1) is 13.0. The fraction of sp³-hybridized carbons (Fsp3) is 0.250. The Bertz CT molecular complexity index is 929. The van der Waals surface area contributed by atoms with E-state index in [0.717, 1.165) is 11.1 Å². The van der Waals surface area contributed by atoms with E-state index in [1.807, 2.05) is 30.3 Å². The Morgan fingerprint density at radius 1 is 1.15 bits per heavy atom. The van der Waals surface area contributed by atoms with Crippen molar-refractivity contribution in [3.63, 3.8) is 0 Å². The summed E-state index contributed by atoms with van der Waals surface area (Å²) in [5, 5.41) is 2.64. The van der Waals surface area contributed by atoms with E-state index >= 15 is 0 Å². The van der Waals surface area contributed by atoms with Crippen LogP contribution in [0.1, 0.15) is 34.3 Å². The zero-order valence-corrected chi connectivity index (χ0v) is 15.2. The van der Waals surface area contributed by atoms with Crippen molar-refractivity contribution in [1.29, 1.82) is 0 Å². The van der Waals surface area contributed by atoms with Crippen LogP contribution in [-0.4, -0.2) is 28.7 Å². The highest BCUT2D eigenvalue weighted by molar-refractivity contribution is 6.32. The van der Waals surface area contributed by atoms with Crippen LogP contribution in [0.2, 0.25) is 5.02 Å². The molecular weight excluding hydrogens is 368 g/mol. The molecule has 0 radical (unpaired) electrons. The molecule has 0 saturated carbocycles. The van der Waals surface area contributed by atoms with Crippen LogP contribution in [-0.2, 0) is 22.7 Å². The van der Waals surface area contributed by atoms with Crippen LogP contribution in [0.3, 0.4) is 0 Å². The summed E-state index contributed by atoms with van der Waals surface area (Å²) < 4.78 is 5.81. The van der Waals surface area contributed by atoms with Crippen molar-refractivity contribution < 1.29 is 19.1 Å². The molecule has 1 unspecified atom stereocenters. The van der Waals surface area contributed by atoms with Crippen molar-refractivity contribution in [2.75, 3.05) is 0 Å². The van der Waals surface area contributed by atoms with Crippen LogP contribution < -0.4 is 10.1 Å². The summed E-state index contributed by atoms with van der Waals surface area (Å²) >= 11 is 6.30. The van der Waals surface area contributed by atoms with Gasteiger partial charge in [-0.05, 0) is 29.7 Å². The maximum absolute atomic E-state index is 12.7. The van der Waals surface area contributed by atoms with Gasteiger partial charge in [0.1, 0.15) is 18.4 Å². The van der Waals surface area contributed by atoms with Gasteiger partial charge in [-0.1, -0.05) is 41.9 Å². The minimum atomic E-state index is -0.643. The Morgan fingerprint density at radius 2 is 1.93 bits per heavy atom. The van der Waals surface area contributed by atoms with Gasteiger partial charge < -0.3 is 9.64 Å². The predicted molar refractivity (Wildman–Crippen MR) is 98.3 cm³/mol. The second-order valence-corrected chi connectivity index (χ2v) is 7.02. The molecule has 3 amide bonds. The summed E-state index contributed by atoms with van der Waals surface area (Å²) in [7, 11) is 0. The molecule has 2 aromatic carbocycles. The first kappa shape index (κ1) is 17.5. The van der Waals surface area contributed by atoms with Gasteiger partial charge in [0.15, 0.2) is 0 Å². The summed E-state index contributed by atoms with van der Waals surface area (Å²) in [6, 6.07) is 12.4. The molecule has 0 spiro atoms. The first-order valence-electron chi connectivity index (χ1n) is 8.67. The Hall–Kier alpha value is -2.86. The lowest BCUT2D eigenvalue weighted by atomic mass is 10.0. The molecule has 0 aromatic heterocycles. The lowest BCUT2D eigenvalue weighted by Crippen LogP contribution is -2.52. The monoisotopic (exact) mass is 384 g/mol. The molecule has 2 aromatic rings. The average molecular weight is 385 g/mol. The van der Waals surface area contributed by atoms with Crippen LogP contribution in [0.25, 0.3) is 0 Å². The minimum Gasteiger partial charge on any atom is -0.487 e. The number of hydrogen-bond donors (Lipinski definition) is 1. The lowest BCUT2D eigenvalue weighted by molar-refractivity contribution is -0.136. The predicted octanol–water partition coefficient (Wildman–Crippen LogP) is 2.68. The second-order valence-electron chi connectivity index (χ2n) is 6.61. The minimum absolute atomic E-state index is 0.225. The van der Waals surface area contributed by atoms with E-state index in [2.05, 4.69) is 5.32 Å². The molecule has 2 aliphatic rings. The molecule has 1 N–H and O–H groups in total. The number of imide groups is 1. The average Bonchev–Trinajstić information content (AvgIpc) is 2.96. The van der Waals surface area contributed by atoms with E-state index < -0.39 is 11.9 Å². The zero-order valence-electron chi connectivity index (χ0n) is 14.4. The third-order valence-electron chi connectivity index (χ3n) is 4.81. The fourth-order valence-corrected chi connectivity index (χ4v) is 3.63. The van der Waals surface area contributed by atoms with Crippen LogP contribution >= 0.6 is 11.6 Å². The standard InChI is InChI=1S/C20H17ClN2O4/c21-15-9-14-13(8-17(15)27-11-12-4-2-1-3-5-12)10-23(20(14)26)16-6-7-18(24)22-19(16)25/h1-5,8-9,16H,6-7,10-11H2,(H,22,24,25). The number of hydrogen-bond acceptors (Lipinski definition) is 4. The number of ether oxygens (including phenoxy) is 1. The summed E-state index contributed by atoms with van der Waals surface area (Å²) in [4.78, 5) is 37.7. The lowest BCUT2D eigenvalue weighted by Gasteiger charge is -2.29. The normalized spacial score (nSPS) is 19.1. The molecule has 1 atom stereocenters. The first-order valence-corrected chi connectivity index (χ1v) is 9.04. The molecule has 0 aliphatic carbocycles. The van der Waals surface area contributed by atoms with Gasteiger partial charge in [-0.15, -0.1) is 0 Å².